The summed E-state index contributed by atoms with van der Waals surface area (Å²) in [7, 11) is -7.80. The van der Waals surface area contributed by atoms with Crippen LogP contribution in [0.3, 0.4) is 0 Å². The normalized spacial score (nSPS) is 11.6. The van der Waals surface area contributed by atoms with Crippen LogP contribution in [0.25, 0.3) is 0 Å². The summed E-state index contributed by atoms with van der Waals surface area (Å²) in [5.74, 6) is -1.70. The molecule has 0 heterocycles. The van der Waals surface area contributed by atoms with Crippen LogP contribution in [-0.4, -0.2) is 23.9 Å². The summed E-state index contributed by atoms with van der Waals surface area (Å²) < 4.78 is 94.0. The highest BCUT2D eigenvalue weighted by molar-refractivity contribution is 7.93. The zero-order valence-corrected chi connectivity index (χ0v) is 25.1. The lowest BCUT2D eigenvalue weighted by Gasteiger charge is -2.16. The van der Waals surface area contributed by atoms with Gasteiger partial charge in [-0.2, -0.15) is 0 Å². The maximum atomic E-state index is 15.4. The second-order valence-corrected chi connectivity index (χ2v) is 13.2. The minimum absolute atomic E-state index is 0.173. The number of halogens is 2. The molecule has 0 atom stereocenters. The number of methoxy groups -OCH3 is 1. The smallest absolute Gasteiger partial charge is 0.265 e. The zero-order chi connectivity index (χ0) is 31.3. The Morgan fingerprint density at radius 2 is 1.07 bits per heavy atom. The Balaban J connectivity index is 1.43. The van der Waals surface area contributed by atoms with Crippen LogP contribution in [0.4, 0.5) is 20.2 Å². The van der Waals surface area contributed by atoms with Crippen LogP contribution in [0.15, 0.2) is 125 Å². The summed E-state index contributed by atoms with van der Waals surface area (Å²) in [6.07, 6.45) is 0.468. The van der Waals surface area contributed by atoms with Crippen molar-refractivity contribution in [1.82, 2.24) is 0 Å². The van der Waals surface area contributed by atoms with Crippen molar-refractivity contribution in [3.63, 3.8) is 0 Å². The Morgan fingerprint density at radius 3 is 1.55 bits per heavy atom. The maximum absolute atomic E-state index is 15.4. The minimum atomic E-state index is -4.55. The molecule has 0 saturated heterocycles. The largest absolute Gasteiger partial charge is 0.495 e. The number of hydrogen-bond acceptors (Lipinski definition) is 5. The van der Waals surface area contributed by atoms with Crippen LogP contribution in [0.5, 0.6) is 5.75 Å². The van der Waals surface area contributed by atoms with Crippen molar-refractivity contribution in [2.24, 2.45) is 0 Å². The first kappa shape index (κ1) is 30.7. The van der Waals surface area contributed by atoms with Crippen molar-refractivity contribution in [3.05, 3.63) is 149 Å². The monoisotopic (exact) mass is 634 g/mol. The van der Waals surface area contributed by atoms with Crippen LogP contribution >= 0.6 is 0 Å². The van der Waals surface area contributed by atoms with Crippen LogP contribution in [-0.2, 0) is 32.9 Å². The van der Waals surface area contributed by atoms with Crippen molar-refractivity contribution in [3.8, 4) is 5.75 Å². The van der Waals surface area contributed by atoms with E-state index >= 15 is 8.78 Å². The molecule has 0 fully saturated rings. The van der Waals surface area contributed by atoms with E-state index in [1.54, 1.807) is 12.1 Å². The van der Waals surface area contributed by atoms with Gasteiger partial charge in [0, 0.05) is 12.8 Å². The first-order chi connectivity index (χ1) is 21.1. The Bertz CT molecular complexity index is 2010. The Kier molecular flexibility index (Phi) is 8.98. The third-order valence-electron chi connectivity index (χ3n) is 6.86. The highest BCUT2D eigenvalue weighted by Gasteiger charge is 2.26. The number of ether oxygens (including phenoxy) is 1. The molecule has 5 aromatic carbocycles. The van der Waals surface area contributed by atoms with Crippen molar-refractivity contribution < 1.29 is 30.4 Å². The summed E-state index contributed by atoms with van der Waals surface area (Å²) in [6, 6.07) is 30.1. The fraction of sp³-hybridized carbons (Fsp3) is 0.0909. The van der Waals surface area contributed by atoms with Gasteiger partial charge in [-0.05, 0) is 52.6 Å². The second kappa shape index (κ2) is 12.9. The quantitative estimate of drug-likeness (QED) is 0.167. The molecule has 0 saturated carbocycles. The lowest BCUT2D eigenvalue weighted by atomic mass is 10.0. The Labute approximate surface area is 255 Å². The van der Waals surface area contributed by atoms with E-state index < -0.39 is 41.5 Å². The molecule has 7 nitrogen and oxygen atoms in total. The Morgan fingerprint density at radius 1 is 0.591 bits per heavy atom. The third kappa shape index (κ3) is 6.90. The molecule has 11 heteroatoms. The van der Waals surface area contributed by atoms with Gasteiger partial charge in [0.1, 0.15) is 10.6 Å². The van der Waals surface area contributed by atoms with Gasteiger partial charge in [-0.25, -0.2) is 25.6 Å². The molecule has 0 aliphatic rings. The first-order valence-corrected chi connectivity index (χ1v) is 16.4. The standard InChI is InChI=1S/C33H28F2N2O5S2/c1-42-30-19-18-27(43(38,39)36-28-16-8-14-25(32(28)34)20-23-10-4-2-5-11-23)22-31(30)44(40,41)37-29-17-9-15-26(33(29)35)21-24-12-6-3-7-13-24/h2-19,22,36-37H,20-21H2,1H3. The van der Waals surface area contributed by atoms with Crippen molar-refractivity contribution in [2.45, 2.75) is 22.6 Å². The average Bonchev–Trinajstić information content (AvgIpc) is 3.01. The Hall–Kier alpha value is -4.74. The summed E-state index contributed by atoms with van der Waals surface area (Å²) in [5, 5.41) is 0. The van der Waals surface area contributed by atoms with Gasteiger partial charge in [-0.3, -0.25) is 9.44 Å². The number of benzene rings is 5. The first-order valence-electron chi connectivity index (χ1n) is 13.4. The van der Waals surface area contributed by atoms with E-state index in [0.717, 1.165) is 29.3 Å². The van der Waals surface area contributed by atoms with Crippen LogP contribution in [0.2, 0.25) is 0 Å². The highest BCUT2D eigenvalue weighted by Crippen LogP contribution is 2.31. The maximum Gasteiger partial charge on any atom is 0.265 e. The van der Waals surface area contributed by atoms with Crippen LogP contribution in [0, 0.1) is 11.6 Å². The molecule has 0 amide bonds. The number of sulfonamides is 2. The van der Waals surface area contributed by atoms with Gasteiger partial charge in [0.05, 0.1) is 23.4 Å². The summed E-state index contributed by atoms with van der Waals surface area (Å²) in [5.41, 5.74) is 1.60. The molecule has 0 aromatic heterocycles. The average molecular weight is 635 g/mol. The second-order valence-electron chi connectivity index (χ2n) is 9.91. The topological polar surface area (TPSA) is 102 Å². The van der Waals surface area contributed by atoms with E-state index in [1.807, 2.05) is 60.7 Å². The van der Waals surface area contributed by atoms with E-state index in [1.165, 1.54) is 31.4 Å². The molecule has 226 valence electrons. The molecule has 0 radical (unpaired) electrons. The molecule has 0 aliphatic carbocycles. The third-order valence-corrected chi connectivity index (χ3v) is 9.61. The summed E-state index contributed by atoms with van der Waals surface area (Å²) in [6.45, 7) is 0. The molecule has 0 bridgehead atoms. The lowest BCUT2D eigenvalue weighted by Crippen LogP contribution is -2.18. The number of anilines is 2. The molecule has 0 unspecified atom stereocenters. The van der Waals surface area contributed by atoms with Gasteiger partial charge < -0.3 is 4.74 Å². The van der Waals surface area contributed by atoms with Gasteiger partial charge in [0.25, 0.3) is 20.0 Å². The van der Waals surface area contributed by atoms with Gasteiger partial charge >= 0.3 is 0 Å². The predicted molar refractivity (Wildman–Crippen MR) is 166 cm³/mol. The zero-order valence-electron chi connectivity index (χ0n) is 23.5. The molecular weight excluding hydrogens is 607 g/mol. The lowest BCUT2D eigenvalue weighted by molar-refractivity contribution is 0.402. The van der Waals surface area contributed by atoms with Gasteiger partial charge in [0.2, 0.25) is 0 Å². The summed E-state index contributed by atoms with van der Waals surface area (Å²) in [4.78, 5) is -1.01. The molecule has 5 rings (SSSR count). The number of hydrogen-bond donors (Lipinski definition) is 2. The fourth-order valence-corrected chi connectivity index (χ4v) is 7.07. The molecular formula is C33H28F2N2O5S2. The number of rotatable bonds is 11. The predicted octanol–water partition coefficient (Wildman–Crippen LogP) is 6.76. The van der Waals surface area contributed by atoms with E-state index in [2.05, 4.69) is 9.44 Å². The molecule has 44 heavy (non-hydrogen) atoms. The van der Waals surface area contributed by atoms with E-state index in [4.69, 9.17) is 4.74 Å². The van der Waals surface area contributed by atoms with E-state index in [9.17, 15) is 16.8 Å². The number of nitrogens with one attached hydrogen (secondary N) is 2. The summed E-state index contributed by atoms with van der Waals surface area (Å²) >= 11 is 0. The van der Waals surface area contributed by atoms with Crippen molar-refractivity contribution >= 4 is 31.4 Å². The van der Waals surface area contributed by atoms with E-state index in [-0.39, 0.29) is 41.1 Å². The van der Waals surface area contributed by atoms with E-state index in [0.29, 0.717) is 0 Å². The van der Waals surface area contributed by atoms with Crippen LogP contribution in [0.1, 0.15) is 22.3 Å². The van der Waals surface area contributed by atoms with Gasteiger partial charge in [0.15, 0.2) is 11.6 Å². The van der Waals surface area contributed by atoms with Crippen molar-refractivity contribution in [1.29, 1.82) is 0 Å². The molecule has 0 spiro atoms. The van der Waals surface area contributed by atoms with Crippen molar-refractivity contribution in [2.75, 3.05) is 16.6 Å². The SMILES string of the molecule is COc1ccc(S(=O)(=O)Nc2cccc(Cc3ccccc3)c2F)cc1S(=O)(=O)Nc1cccc(Cc2ccccc2)c1F. The van der Waals surface area contributed by atoms with Crippen LogP contribution < -0.4 is 14.2 Å². The highest BCUT2D eigenvalue weighted by atomic mass is 32.2. The minimum Gasteiger partial charge on any atom is -0.495 e. The molecule has 2 N–H and O–H groups in total. The molecule has 0 aliphatic heterocycles. The fourth-order valence-electron chi connectivity index (χ4n) is 4.66. The van der Waals surface area contributed by atoms with Gasteiger partial charge in [-0.15, -0.1) is 0 Å². The van der Waals surface area contributed by atoms with Gasteiger partial charge in [-0.1, -0.05) is 84.9 Å². The molecule has 5 aromatic rings.